The van der Waals surface area contributed by atoms with Gasteiger partial charge in [-0.25, -0.2) is 25.9 Å². The summed E-state index contributed by atoms with van der Waals surface area (Å²) in [5, 5.41) is 0. The van der Waals surface area contributed by atoms with E-state index in [1.807, 2.05) is 0 Å². The molecule has 1 N–H and O–H groups in total. The zero-order valence-electron chi connectivity index (χ0n) is 11.5. The average Bonchev–Trinajstić information content (AvgIpc) is 2.86. The van der Waals surface area contributed by atoms with E-state index in [1.54, 1.807) is 19.1 Å². The van der Waals surface area contributed by atoms with Gasteiger partial charge in [0.25, 0.3) is 0 Å². The molecule has 0 unspecified atom stereocenters. The summed E-state index contributed by atoms with van der Waals surface area (Å²) in [7, 11) is -6.71. The molecule has 0 atom stereocenters. The van der Waals surface area contributed by atoms with Crippen molar-refractivity contribution in [2.75, 3.05) is 18.8 Å². The van der Waals surface area contributed by atoms with Crippen molar-refractivity contribution in [3.05, 3.63) is 15.9 Å². The fourth-order valence-electron chi connectivity index (χ4n) is 2.15. The summed E-state index contributed by atoms with van der Waals surface area (Å²) < 4.78 is 53.0. The molecule has 10 heteroatoms. The molecule has 2 rings (SSSR count). The molecule has 2 heterocycles. The largest absolute Gasteiger partial charge is 0.250 e. The first kappa shape index (κ1) is 17.4. The minimum absolute atomic E-state index is 0.0760. The van der Waals surface area contributed by atoms with Crippen LogP contribution in [0.4, 0.5) is 0 Å². The fourth-order valence-corrected chi connectivity index (χ4v) is 6.62. The second kappa shape index (κ2) is 6.63. The van der Waals surface area contributed by atoms with Gasteiger partial charge in [-0.15, -0.1) is 11.3 Å². The van der Waals surface area contributed by atoms with Gasteiger partial charge in [0.15, 0.2) is 0 Å². The van der Waals surface area contributed by atoms with E-state index in [0.29, 0.717) is 25.9 Å². The summed E-state index contributed by atoms with van der Waals surface area (Å²) in [6, 6.07) is 3.02. The molecule has 1 aromatic heterocycles. The van der Waals surface area contributed by atoms with Crippen LogP contribution in [0, 0.1) is 0 Å². The SMILES string of the molecule is CCS(=O)(=O)N1CCC(NS(=O)(=O)c2ccc(Br)s2)CC1. The van der Waals surface area contributed by atoms with Crippen LogP contribution in [0.15, 0.2) is 20.1 Å². The average molecular weight is 417 g/mol. The van der Waals surface area contributed by atoms with Crippen molar-refractivity contribution >= 4 is 47.3 Å². The topological polar surface area (TPSA) is 83.6 Å². The zero-order valence-corrected chi connectivity index (χ0v) is 15.5. The number of nitrogens with zero attached hydrogens (tertiary/aromatic N) is 1. The van der Waals surface area contributed by atoms with Crippen molar-refractivity contribution in [1.82, 2.24) is 9.03 Å². The smallest absolute Gasteiger partial charge is 0.212 e. The third kappa shape index (κ3) is 4.26. The van der Waals surface area contributed by atoms with E-state index in [9.17, 15) is 16.8 Å². The van der Waals surface area contributed by atoms with Crippen molar-refractivity contribution in [2.24, 2.45) is 0 Å². The first-order valence-electron chi connectivity index (χ1n) is 6.50. The molecule has 1 aliphatic heterocycles. The predicted octanol–water partition coefficient (Wildman–Crippen LogP) is 1.60. The quantitative estimate of drug-likeness (QED) is 0.789. The Morgan fingerprint density at radius 3 is 2.38 bits per heavy atom. The third-order valence-electron chi connectivity index (χ3n) is 3.35. The maximum atomic E-state index is 12.2. The van der Waals surface area contributed by atoms with Gasteiger partial charge in [0.2, 0.25) is 20.0 Å². The van der Waals surface area contributed by atoms with E-state index in [-0.39, 0.29) is 16.0 Å². The standard InChI is InChI=1S/C11H17BrN2O4S3/c1-2-20(15,16)14-7-5-9(6-8-14)13-21(17,18)11-4-3-10(12)19-11/h3-4,9,13H,2,5-8H2,1H3. The Labute approximate surface area is 137 Å². The van der Waals surface area contributed by atoms with E-state index >= 15 is 0 Å². The lowest BCUT2D eigenvalue weighted by Gasteiger charge is -2.31. The van der Waals surface area contributed by atoms with Crippen molar-refractivity contribution in [3.63, 3.8) is 0 Å². The Hall–Kier alpha value is -0.0000000000000000833. The lowest BCUT2D eigenvalue weighted by Crippen LogP contribution is -2.46. The molecule has 0 bridgehead atoms. The van der Waals surface area contributed by atoms with Crippen LogP contribution in [0.25, 0.3) is 0 Å². The van der Waals surface area contributed by atoms with Crippen molar-refractivity contribution < 1.29 is 16.8 Å². The van der Waals surface area contributed by atoms with Crippen molar-refractivity contribution in [3.8, 4) is 0 Å². The molecule has 120 valence electrons. The molecule has 1 saturated heterocycles. The maximum absolute atomic E-state index is 12.2. The van der Waals surface area contributed by atoms with E-state index in [0.717, 1.165) is 15.1 Å². The molecule has 1 aromatic rings. The predicted molar refractivity (Wildman–Crippen MR) is 86.4 cm³/mol. The van der Waals surface area contributed by atoms with Gasteiger partial charge in [0.1, 0.15) is 4.21 Å². The van der Waals surface area contributed by atoms with E-state index in [4.69, 9.17) is 0 Å². The third-order valence-corrected chi connectivity index (χ3v) is 8.86. The molecule has 0 amide bonds. The molecule has 0 aliphatic carbocycles. The van der Waals surface area contributed by atoms with Gasteiger partial charge in [-0.1, -0.05) is 0 Å². The summed E-state index contributed by atoms with van der Waals surface area (Å²) in [5.74, 6) is 0.0760. The van der Waals surface area contributed by atoms with Crippen LogP contribution in [-0.2, 0) is 20.0 Å². The number of hydrogen-bond donors (Lipinski definition) is 1. The Kier molecular flexibility index (Phi) is 5.48. The maximum Gasteiger partial charge on any atom is 0.250 e. The Morgan fingerprint density at radius 2 is 1.90 bits per heavy atom. The van der Waals surface area contributed by atoms with Crippen LogP contribution >= 0.6 is 27.3 Å². The Balaban J connectivity index is 1.98. The number of thiophene rings is 1. The van der Waals surface area contributed by atoms with Gasteiger partial charge in [0.05, 0.1) is 9.54 Å². The molecular formula is C11H17BrN2O4S3. The number of sulfonamides is 2. The number of nitrogens with one attached hydrogen (secondary N) is 1. The Bertz CT molecular complexity index is 691. The second-order valence-electron chi connectivity index (χ2n) is 4.75. The summed E-state index contributed by atoms with van der Waals surface area (Å²) in [5.41, 5.74) is 0. The van der Waals surface area contributed by atoms with Gasteiger partial charge in [-0.3, -0.25) is 0 Å². The lowest BCUT2D eigenvalue weighted by molar-refractivity contribution is 0.309. The molecule has 0 radical (unpaired) electrons. The molecule has 0 spiro atoms. The number of halogens is 1. The molecule has 1 aliphatic rings. The molecular weight excluding hydrogens is 400 g/mol. The molecule has 21 heavy (non-hydrogen) atoms. The summed E-state index contributed by atoms with van der Waals surface area (Å²) in [6.07, 6.45) is 0.982. The van der Waals surface area contributed by atoms with Gasteiger partial charge in [-0.05, 0) is 47.8 Å². The molecule has 0 saturated carbocycles. The van der Waals surface area contributed by atoms with Crippen LogP contribution in [-0.4, -0.2) is 46.0 Å². The minimum atomic E-state index is -3.53. The highest BCUT2D eigenvalue weighted by atomic mass is 79.9. The summed E-state index contributed by atoms with van der Waals surface area (Å²) in [4.78, 5) is 0. The van der Waals surface area contributed by atoms with Gasteiger partial charge < -0.3 is 0 Å². The van der Waals surface area contributed by atoms with Crippen LogP contribution in [0.3, 0.4) is 0 Å². The molecule has 6 nitrogen and oxygen atoms in total. The van der Waals surface area contributed by atoms with Crippen LogP contribution in [0.1, 0.15) is 19.8 Å². The summed E-state index contributed by atoms with van der Waals surface area (Å²) >= 11 is 4.39. The van der Waals surface area contributed by atoms with Crippen molar-refractivity contribution in [1.29, 1.82) is 0 Å². The first-order chi connectivity index (χ1) is 9.74. The fraction of sp³-hybridized carbons (Fsp3) is 0.636. The van der Waals surface area contributed by atoms with Crippen LogP contribution in [0.2, 0.25) is 0 Å². The van der Waals surface area contributed by atoms with Gasteiger partial charge >= 0.3 is 0 Å². The highest BCUT2D eigenvalue weighted by molar-refractivity contribution is 9.11. The first-order valence-corrected chi connectivity index (χ1v) is 11.2. The van der Waals surface area contributed by atoms with E-state index in [2.05, 4.69) is 20.7 Å². The summed E-state index contributed by atoms with van der Waals surface area (Å²) in [6.45, 7) is 2.33. The lowest BCUT2D eigenvalue weighted by atomic mass is 10.1. The normalized spacial score (nSPS) is 19.0. The number of hydrogen-bond acceptors (Lipinski definition) is 5. The van der Waals surface area contributed by atoms with Gasteiger partial charge in [-0.2, -0.15) is 0 Å². The van der Waals surface area contributed by atoms with E-state index < -0.39 is 20.0 Å². The van der Waals surface area contributed by atoms with Gasteiger partial charge in [0, 0.05) is 19.1 Å². The highest BCUT2D eigenvalue weighted by Crippen LogP contribution is 2.26. The minimum Gasteiger partial charge on any atom is -0.212 e. The van der Waals surface area contributed by atoms with E-state index in [1.165, 1.54) is 4.31 Å². The highest BCUT2D eigenvalue weighted by Gasteiger charge is 2.29. The number of piperidine rings is 1. The number of rotatable bonds is 5. The van der Waals surface area contributed by atoms with Crippen LogP contribution < -0.4 is 4.72 Å². The Morgan fingerprint density at radius 1 is 1.29 bits per heavy atom. The molecule has 0 aromatic carbocycles. The molecule has 1 fully saturated rings. The zero-order chi connectivity index (χ0) is 15.7. The second-order valence-corrected chi connectivity index (χ2v) is 11.4. The van der Waals surface area contributed by atoms with Crippen molar-refractivity contribution in [2.45, 2.75) is 30.0 Å². The monoisotopic (exact) mass is 416 g/mol. The van der Waals surface area contributed by atoms with Crippen LogP contribution in [0.5, 0.6) is 0 Å².